The van der Waals surface area contributed by atoms with Gasteiger partial charge >= 0.3 is 5.97 Å². The summed E-state index contributed by atoms with van der Waals surface area (Å²) in [6.07, 6.45) is 4.72. The largest absolute Gasteiger partial charge is 0.481 e. The molecule has 0 aromatic carbocycles. The first-order valence-corrected chi connectivity index (χ1v) is 8.95. The zero-order valence-corrected chi connectivity index (χ0v) is 12.4. The lowest BCUT2D eigenvalue weighted by Gasteiger charge is -2.17. The smallest absolute Gasteiger partial charge is 0.306 e. The molecule has 0 unspecified atom stereocenters. The summed E-state index contributed by atoms with van der Waals surface area (Å²) in [6.45, 7) is 0. The minimum absolute atomic E-state index is 0.0653. The third-order valence-electron chi connectivity index (χ3n) is 4.21. The van der Waals surface area contributed by atoms with Crippen LogP contribution in [0.25, 0.3) is 0 Å². The Labute approximate surface area is 118 Å². The van der Waals surface area contributed by atoms with Gasteiger partial charge in [-0.1, -0.05) is 0 Å². The third kappa shape index (κ3) is 4.19. The fourth-order valence-corrected chi connectivity index (χ4v) is 4.56. The van der Waals surface area contributed by atoms with Crippen molar-refractivity contribution in [2.75, 3.05) is 12.0 Å². The maximum absolute atomic E-state index is 12.0. The van der Waals surface area contributed by atoms with Gasteiger partial charge in [0, 0.05) is 18.7 Å². The van der Waals surface area contributed by atoms with Crippen molar-refractivity contribution in [1.29, 1.82) is 0 Å². The van der Waals surface area contributed by atoms with Crippen LogP contribution in [0.3, 0.4) is 0 Å². The summed E-state index contributed by atoms with van der Waals surface area (Å²) in [7, 11) is -3.07. The van der Waals surface area contributed by atoms with Crippen molar-refractivity contribution in [3.05, 3.63) is 0 Å². The lowest BCUT2D eigenvalue weighted by molar-refractivity contribution is -0.141. The molecular weight excluding hydrogens is 282 g/mol. The molecule has 0 saturated heterocycles. The van der Waals surface area contributed by atoms with Gasteiger partial charge in [-0.2, -0.15) is 0 Å². The number of amides is 1. The maximum Gasteiger partial charge on any atom is 0.306 e. The van der Waals surface area contributed by atoms with Crippen LogP contribution in [0.4, 0.5) is 0 Å². The van der Waals surface area contributed by atoms with E-state index in [0.29, 0.717) is 19.3 Å². The Morgan fingerprint density at radius 2 is 1.95 bits per heavy atom. The summed E-state index contributed by atoms with van der Waals surface area (Å²) in [4.78, 5) is 22.8. The fraction of sp³-hybridized carbons (Fsp3) is 0.846. The van der Waals surface area contributed by atoms with Crippen LogP contribution >= 0.6 is 0 Å². The quantitative estimate of drug-likeness (QED) is 0.747. The van der Waals surface area contributed by atoms with E-state index in [1.807, 2.05) is 0 Å². The second-order valence-corrected chi connectivity index (χ2v) is 8.50. The van der Waals surface area contributed by atoms with Crippen LogP contribution in [0, 0.1) is 11.3 Å². The highest BCUT2D eigenvalue weighted by Gasteiger charge is 2.47. The molecule has 2 aliphatic carbocycles. The molecule has 0 aliphatic heterocycles. The molecular formula is C13H21NO5S. The van der Waals surface area contributed by atoms with Crippen molar-refractivity contribution in [1.82, 2.24) is 5.32 Å². The zero-order valence-electron chi connectivity index (χ0n) is 11.6. The van der Waals surface area contributed by atoms with Crippen LogP contribution in [-0.4, -0.2) is 43.5 Å². The number of aliphatic carboxylic acids is 1. The minimum atomic E-state index is -3.07. The Balaban J connectivity index is 1.81. The molecule has 7 heteroatoms. The summed E-state index contributed by atoms with van der Waals surface area (Å²) < 4.78 is 22.7. The van der Waals surface area contributed by atoms with E-state index in [2.05, 4.69) is 5.32 Å². The van der Waals surface area contributed by atoms with Crippen LogP contribution in [0.2, 0.25) is 0 Å². The van der Waals surface area contributed by atoms with Crippen molar-refractivity contribution in [2.24, 2.45) is 11.3 Å². The SMILES string of the molecule is CS(=O)(=O)CC1(CC(=O)N[C@@H]2CC[C@H](C(=O)O)C2)CC1. The highest BCUT2D eigenvalue weighted by atomic mass is 32.2. The van der Waals surface area contributed by atoms with Gasteiger partial charge in [0.15, 0.2) is 0 Å². The normalized spacial score (nSPS) is 28.1. The number of carbonyl (C=O) groups excluding carboxylic acids is 1. The summed E-state index contributed by atoms with van der Waals surface area (Å²) in [5, 5.41) is 11.8. The lowest BCUT2D eigenvalue weighted by Crippen LogP contribution is -2.35. The van der Waals surface area contributed by atoms with Gasteiger partial charge in [-0.05, 0) is 37.5 Å². The van der Waals surface area contributed by atoms with Gasteiger partial charge in [0.1, 0.15) is 9.84 Å². The van der Waals surface area contributed by atoms with Crippen molar-refractivity contribution in [2.45, 2.75) is 44.6 Å². The Kier molecular flexibility index (Phi) is 4.09. The summed E-state index contributed by atoms with van der Waals surface area (Å²) in [6, 6.07) is -0.0855. The standard InChI is InChI=1S/C13H21NO5S/c1-20(18,19)8-13(4-5-13)7-11(15)14-10-3-2-9(6-10)12(16)17/h9-10H,2-8H2,1H3,(H,14,15)(H,16,17)/t9-,10+/m0/s1. The van der Waals surface area contributed by atoms with Crippen LogP contribution in [0.15, 0.2) is 0 Å². The predicted octanol–water partition coefficient (Wildman–Crippen LogP) is 0.571. The highest BCUT2D eigenvalue weighted by molar-refractivity contribution is 7.90. The van der Waals surface area contributed by atoms with Crippen molar-refractivity contribution in [3.8, 4) is 0 Å². The average Bonchev–Trinajstić information content (AvgIpc) is 2.84. The monoisotopic (exact) mass is 303 g/mol. The number of carboxylic acid groups (broad SMARTS) is 1. The first kappa shape index (κ1) is 15.3. The molecule has 2 N–H and O–H groups in total. The van der Waals surface area contributed by atoms with Gasteiger partial charge in [-0.15, -0.1) is 0 Å². The van der Waals surface area contributed by atoms with E-state index in [0.717, 1.165) is 12.8 Å². The van der Waals surface area contributed by atoms with E-state index in [1.54, 1.807) is 0 Å². The number of sulfone groups is 1. The molecule has 114 valence electrons. The van der Waals surface area contributed by atoms with Gasteiger partial charge < -0.3 is 10.4 Å². The van der Waals surface area contributed by atoms with Crippen LogP contribution in [0.5, 0.6) is 0 Å². The molecule has 2 atom stereocenters. The van der Waals surface area contributed by atoms with E-state index < -0.39 is 15.8 Å². The molecule has 0 heterocycles. The Morgan fingerprint density at radius 1 is 1.30 bits per heavy atom. The van der Waals surface area contributed by atoms with Crippen molar-refractivity contribution < 1.29 is 23.1 Å². The summed E-state index contributed by atoms with van der Waals surface area (Å²) >= 11 is 0. The average molecular weight is 303 g/mol. The lowest BCUT2D eigenvalue weighted by atomic mass is 10.0. The van der Waals surface area contributed by atoms with Crippen LogP contribution in [-0.2, 0) is 19.4 Å². The maximum atomic E-state index is 12.0. The molecule has 2 saturated carbocycles. The number of nitrogens with one attached hydrogen (secondary N) is 1. The first-order chi connectivity index (χ1) is 9.19. The predicted molar refractivity (Wildman–Crippen MR) is 72.9 cm³/mol. The van der Waals surface area contributed by atoms with Crippen LogP contribution < -0.4 is 5.32 Å². The molecule has 0 aromatic rings. The first-order valence-electron chi connectivity index (χ1n) is 6.89. The van der Waals surface area contributed by atoms with E-state index >= 15 is 0 Å². The second kappa shape index (κ2) is 5.35. The molecule has 20 heavy (non-hydrogen) atoms. The molecule has 0 radical (unpaired) electrons. The molecule has 0 bridgehead atoms. The number of carboxylic acids is 1. The summed E-state index contributed by atoms with van der Waals surface area (Å²) in [5.41, 5.74) is -0.373. The molecule has 6 nitrogen and oxygen atoms in total. The second-order valence-electron chi connectivity index (χ2n) is 6.36. The molecule has 0 aromatic heterocycles. The molecule has 2 rings (SSSR count). The Morgan fingerprint density at radius 3 is 2.40 bits per heavy atom. The number of hydrogen-bond acceptors (Lipinski definition) is 4. The zero-order chi connectivity index (χ0) is 15.0. The number of carbonyl (C=O) groups is 2. The molecule has 1 amide bonds. The van der Waals surface area contributed by atoms with Gasteiger partial charge in [-0.25, -0.2) is 8.42 Å². The van der Waals surface area contributed by atoms with Crippen molar-refractivity contribution >= 4 is 21.7 Å². The van der Waals surface area contributed by atoms with Gasteiger partial charge in [-0.3, -0.25) is 9.59 Å². The van der Waals surface area contributed by atoms with E-state index in [-0.39, 0.29) is 35.5 Å². The van der Waals surface area contributed by atoms with Gasteiger partial charge in [0.25, 0.3) is 0 Å². The van der Waals surface area contributed by atoms with Gasteiger partial charge in [0.2, 0.25) is 5.91 Å². The number of rotatable bonds is 6. The summed E-state index contributed by atoms with van der Waals surface area (Å²) in [5.74, 6) is -1.26. The molecule has 0 spiro atoms. The van der Waals surface area contributed by atoms with Crippen LogP contribution in [0.1, 0.15) is 38.5 Å². The van der Waals surface area contributed by atoms with Gasteiger partial charge in [0.05, 0.1) is 11.7 Å². The van der Waals surface area contributed by atoms with E-state index in [4.69, 9.17) is 5.11 Å². The Hall–Kier alpha value is -1.11. The molecule has 2 aliphatic rings. The third-order valence-corrected chi connectivity index (χ3v) is 5.34. The fourth-order valence-electron chi connectivity index (χ4n) is 3.06. The molecule has 2 fully saturated rings. The van der Waals surface area contributed by atoms with E-state index in [1.165, 1.54) is 6.26 Å². The highest BCUT2D eigenvalue weighted by Crippen LogP contribution is 2.49. The number of hydrogen-bond donors (Lipinski definition) is 2. The minimum Gasteiger partial charge on any atom is -0.481 e. The Bertz CT molecular complexity index is 509. The van der Waals surface area contributed by atoms with Crippen molar-refractivity contribution in [3.63, 3.8) is 0 Å². The topological polar surface area (TPSA) is 101 Å². The van der Waals surface area contributed by atoms with E-state index in [9.17, 15) is 18.0 Å².